The monoisotopic (exact) mass is 406 g/mol. The molecule has 1 saturated carbocycles. The third kappa shape index (κ3) is 3.80. The zero-order chi connectivity index (χ0) is 21.3. The first-order valence-electron chi connectivity index (χ1n) is 10.3. The molecule has 2 aliphatic rings. The Labute approximate surface area is 175 Å². The van der Waals surface area contributed by atoms with E-state index in [9.17, 15) is 14.4 Å². The van der Waals surface area contributed by atoms with Gasteiger partial charge in [0.2, 0.25) is 5.91 Å². The maximum Gasteiger partial charge on any atom is 0.252 e. The average Bonchev–Trinajstić information content (AvgIpc) is 2.74. The molecule has 0 spiro atoms. The van der Waals surface area contributed by atoms with Crippen LogP contribution in [0.4, 0.5) is 11.4 Å². The number of nitrogens with one attached hydrogen (secondary N) is 2. The normalized spacial score (nSPS) is 23.3. The van der Waals surface area contributed by atoms with E-state index < -0.39 is 6.04 Å². The van der Waals surface area contributed by atoms with E-state index in [1.54, 1.807) is 18.2 Å². The van der Waals surface area contributed by atoms with Gasteiger partial charge in [-0.1, -0.05) is 43.2 Å². The van der Waals surface area contributed by atoms with Gasteiger partial charge in [-0.05, 0) is 36.6 Å². The van der Waals surface area contributed by atoms with Crippen LogP contribution in [0.5, 0.6) is 0 Å². The lowest BCUT2D eigenvalue weighted by atomic mass is 9.91. The van der Waals surface area contributed by atoms with Crippen LogP contribution in [-0.4, -0.2) is 29.8 Å². The first-order valence-corrected chi connectivity index (χ1v) is 10.3. The number of benzene rings is 2. The number of hydrogen-bond acceptors (Lipinski definition) is 4. The van der Waals surface area contributed by atoms with E-state index in [4.69, 9.17) is 5.73 Å². The number of carbonyl (C=O) groups is 3. The highest BCUT2D eigenvalue weighted by Crippen LogP contribution is 2.39. The van der Waals surface area contributed by atoms with Crippen LogP contribution in [0.1, 0.15) is 54.6 Å². The lowest BCUT2D eigenvalue weighted by molar-refractivity contribution is -0.123. The molecule has 2 aromatic rings. The first kappa shape index (κ1) is 20.1. The van der Waals surface area contributed by atoms with Crippen molar-refractivity contribution >= 4 is 29.1 Å². The van der Waals surface area contributed by atoms with Crippen molar-refractivity contribution in [1.29, 1.82) is 0 Å². The van der Waals surface area contributed by atoms with E-state index in [1.807, 2.05) is 30.3 Å². The van der Waals surface area contributed by atoms with Gasteiger partial charge in [0.05, 0.1) is 11.4 Å². The van der Waals surface area contributed by atoms with Crippen molar-refractivity contribution in [1.82, 2.24) is 5.32 Å². The van der Waals surface area contributed by atoms with Crippen molar-refractivity contribution in [2.75, 3.05) is 10.2 Å². The summed E-state index contributed by atoms with van der Waals surface area (Å²) in [7, 11) is 0. The molecule has 0 saturated heterocycles. The quantitative estimate of drug-likeness (QED) is 0.729. The number of nitrogens with two attached hydrogens (primary N) is 1. The van der Waals surface area contributed by atoms with Gasteiger partial charge in [0.1, 0.15) is 6.04 Å². The molecular weight excluding hydrogens is 380 g/mol. The van der Waals surface area contributed by atoms with Gasteiger partial charge in [-0.25, -0.2) is 0 Å². The highest BCUT2D eigenvalue weighted by Gasteiger charge is 2.37. The van der Waals surface area contributed by atoms with Crippen LogP contribution < -0.4 is 21.3 Å². The van der Waals surface area contributed by atoms with Gasteiger partial charge in [-0.3, -0.25) is 19.3 Å². The largest absolute Gasteiger partial charge is 0.348 e. The minimum Gasteiger partial charge on any atom is -0.348 e. The Kier molecular flexibility index (Phi) is 5.55. The molecule has 7 nitrogen and oxygen atoms in total. The Morgan fingerprint density at radius 3 is 2.53 bits per heavy atom. The van der Waals surface area contributed by atoms with Crippen LogP contribution >= 0.6 is 0 Å². The third-order valence-corrected chi connectivity index (χ3v) is 5.87. The predicted octanol–water partition coefficient (Wildman–Crippen LogP) is 2.73. The molecule has 7 heteroatoms. The van der Waals surface area contributed by atoms with Crippen molar-refractivity contribution in [3.8, 4) is 0 Å². The molecule has 0 aromatic heterocycles. The summed E-state index contributed by atoms with van der Waals surface area (Å²) in [4.78, 5) is 39.6. The lowest BCUT2D eigenvalue weighted by Crippen LogP contribution is -2.49. The molecule has 30 heavy (non-hydrogen) atoms. The van der Waals surface area contributed by atoms with Crippen molar-refractivity contribution in [3.05, 3.63) is 59.7 Å². The van der Waals surface area contributed by atoms with Gasteiger partial charge in [-0.2, -0.15) is 0 Å². The summed E-state index contributed by atoms with van der Waals surface area (Å²) >= 11 is 0. The smallest absolute Gasteiger partial charge is 0.252 e. The molecule has 1 aliphatic heterocycles. The molecule has 3 atom stereocenters. The number of amides is 3. The van der Waals surface area contributed by atoms with Crippen molar-refractivity contribution in [3.63, 3.8) is 0 Å². The Balaban J connectivity index is 1.63. The molecule has 156 valence electrons. The second-order valence-electron chi connectivity index (χ2n) is 7.95. The fourth-order valence-electron chi connectivity index (χ4n) is 4.32. The third-order valence-electron chi connectivity index (χ3n) is 5.87. The second kappa shape index (κ2) is 8.28. The molecule has 1 aliphatic carbocycles. The summed E-state index contributed by atoms with van der Waals surface area (Å²) in [5.74, 6) is -0.782. The number of anilines is 2. The van der Waals surface area contributed by atoms with E-state index >= 15 is 0 Å². The van der Waals surface area contributed by atoms with Gasteiger partial charge >= 0.3 is 0 Å². The number of carbonyl (C=O) groups excluding carboxylic acids is 3. The summed E-state index contributed by atoms with van der Waals surface area (Å²) in [6, 6.07) is 13.3. The zero-order valence-corrected chi connectivity index (χ0v) is 16.9. The topological polar surface area (TPSA) is 105 Å². The van der Waals surface area contributed by atoms with E-state index in [2.05, 4.69) is 10.6 Å². The maximum atomic E-state index is 12.9. The number of rotatable bonds is 3. The maximum absolute atomic E-state index is 12.9. The molecule has 4 rings (SSSR count). The minimum atomic E-state index is -0.754. The van der Waals surface area contributed by atoms with Gasteiger partial charge in [0, 0.05) is 24.6 Å². The fourth-order valence-corrected chi connectivity index (χ4v) is 4.32. The molecule has 0 bridgehead atoms. The van der Waals surface area contributed by atoms with E-state index in [-0.39, 0.29) is 29.8 Å². The Bertz CT molecular complexity index is 976. The highest BCUT2D eigenvalue weighted by atomic mass is 16.2. The van der Waals surface area contributed by atoms with Crippen LogP contribution in [0.25, 0.3) is 0 Å². The van der Waals surface area contributed by atoms with Gasteiger partial charge < -0.3 is 16.4 Å². The molecule has 1 fully saturated rings. The standard InChI is InChI=1S/C23H26N4O3/c1-14(28)27-20-12-11-16(22(29)25-18-10-6-5-9-17(18)24)13-19(20)26-23(30)21(27)15-7-3-2-4-8-15/h2-4,7-8,11-13,17-18,21H,5-6,9-10,24H2,1H3,(H,25,29)(H,26,30). The van der Waals surface area contributed by atoms with Gasteiger partial charge in [-0.15, -0.1) is 0 Å². The Morgan fingerprint density at radius 2 is 1.83 bits per heavy atom. The van der Waals surface area contributed by atoms with E-state index in [0.717, 1.165) is 31.2 Å². The number of fused-ring (bicyclic) bond motifs is 1. The highest BCUT2D eigenvalue weighted by molar-refractivity contribution is 6.12. The summed E-state index contributed by atoms with van der Waals surface area (Å²) in [6.07, 6.45) is 3.90. The van der Waals surface area contributed by atoms with Crippen LogP contribution in [-0.2, 0) is 9.59 Å². The van der Waals surface area contributed by atoms with Crippen molar-refractivity contribution in [2.45, 2.75) is 50.7 Å². The molecule has 1 heterocycles. The van der Waals surface area contributed by atoms with Crippen LogP contribution in [0.3, 0.4) is 0 Å². The first-order chi connectivity index (χ1) is 14.5. The number of nitrogens with zero attached hydrogens (tertiary/aromatic N) is 1. The van der Waals surface area contributed by atoms with Gasteiger partial charge in [0.25, 0.3) is 11.8 Å². The lowest BCUT2D eigenvalue weighted by Gasteiger charge is -2.36. The Hall–Kier alpha value is -3.19. The molecule has 2 aromatic carbocycles. The van der Waals surface area contributed by atoms with Crippen LogP contribution in [0.2, 0.25) is 0 Å². The summed E-state index contributed by atoms with van der Waals surface area (Å²) < 4.78 is 0. The molecular formula is C23H26N4O3. The molecule has 3 unspecified atom stereocenters. The summed E-state index contributed by atoms with van der Waals surface area (Å²) in [5.41, 5.74) is 8.31. The predicted molar refractivity (Wildman–Crippen MR) is 115 cm³/mol. The Morgan fingerprint density at radius 1 is 1.10 bits per heavy atom. The zero-order valence-electron chi connectivity index (χ0n) is 16.9. The van der Waals surface area contributed by atoms with E-state index in [0.29, 0.717) is 16.9 Å². The minimum absolute atomic E-state index is 0.0418. The molecule has 3 amide bonds. The second-order valence-corrected chi connectivity index (χ2v) is 7.95. The summed E-state index contributed by atoms with van der Waals surface area (Å²) in [6.45, 7) is 1.43. The average molecular weight is 406 g/mol. The van der Waals surface area contributed by atoms with Crippen molar-refractivity contribution < 1.29 is 14.4 Å². The van der Waals surface area contributed by atoms with Gasteiger partial charge in [0.15, 0.2) is 0 Å². The fraction of sp³-hybridized carbons (Fsp3) is 0.348. The van der Waals surface area contributed by atoms with Crippen LogP contribution in [0, 0.1) is 0 Å². The number of hydrogen-bond donors (Lipinski definition) is 3. The van der Waals surface area contributed by atoms with Crippen LogP contribution in [0.15, 0.2) is 48.5 Å². The molecule has 0 radical (unpaired) electrons. The molecule has 4 N–H and O–H groups in total. The summed E-state index contributed by atoms with van der Waals surface area (Å²) in [5, 5.41) is 5.88. The van der Waals surface area contributed by atoms with Crippen molar-refractivity contribution in [2.24, 2.45) is 5.73 Å². The SMILES string of the molecule is CC(=O)N1c2ccc(C(=O)NC3CCCCC3N)cc2NC(=O)C1c1ccccc1. The van der Waals surface area contributed by atoms with E-state index in [1.165, 1.54) is 11.8 Å².